The first-order valence-corrected chi connectivity index (χ1v) is 9.23. The van der Waals surface area contributed by atoms with Gasteiger partial charge in [0.15, 0.2) is 0 Å². The molecule has 0 radical (unpaired) electrons. The Hall–Kier alpha value is -1.40. The summed E-state index contributed by atoms with van der Waals surface area (Å²) in [6.45, 7) is 3.06. The van der Waals surface area contributed by atoms with Crippen LogP contribution in [-0.2, 0) is 14.8 Å². The molecule has 0 amide bonds. The van der Waals surface area contributed by atoms with Crippen LogP contribution < -0.4 is 0 Å². The molecule has 0 aromatic heterocycles. The van der Waals surface area contributed by atoms with E-state index in [0.29, 0.717) is 24.7 Å². The number of sulfonamides is 1. The molecule has 0 spiro atoms. The molecule has 0 N–H and O–H groups in total. The van der Waals surface area contributed by atoms with Crippen molar-refractivity contribution in [1.29, 1.82) is 0 Å². The lowest BCUT2D eigenvalue weighted by atomic mass is 10.0. The second kappa shape index (κ2) is 6.61. The third-order valence-electron chi connectivity index (χ3n) is 4.02. The van der Waals surface area contributed by atoms with Crippen LogP contribution in [-0.4, -0.2) is 32.4 Å². The van der Waals surface area contributed by atoms with Crippen LogP contribution in [0.4, 0.5) is 0 Å². The van der Waals surface area contributed by atoms with E-state index in [4.69, 9.17) is 16.3 Å². The molecule has 0 bridgehead atoms. The summed E-state index contributed by atoms with van der Waals surface area (Å²) in [5.41, 5.74) is 2.13. The fraction of sp³-hybridized carbons (Fsp3) is 0.294. The van der Waals surface area contributed by atoms with Crippen LogP contribution in [0.2, 0.25) is 5.02 Å². The van der Waals surface area contributed by atoms with Crippen molar-refractivity contribution in [2.45, 2.75) is 17.9 Å². The molecule has 122 valence electrons. The zero-order chi connectivity index (χ0) is 16.4. The topological polar surface area (TPSA) is 46.6 Å². The van der Waals surface area contributed by atoms with Gasteiger partial charge in [0.25, 0.3) is 0 Å². The Morgan fingerprint density at radius 1 is 1.13 bits per heavy atom. The van der Waals surface area contributed by atoms with Crippen molar-refractivity contribution >= 4 is 21.6 Å². The molecule has 1 fully saturated rings. The van der Waals surface area contributed by atoms with E-state index in [1.807, 2.05) is 31.2 Å². The van der Waals surface area contributed by atoms with Crippen molar-refractivity contribution in [2.75, 3.05) is 19.7 Å². The number of morpholine rings is 1. The van der Waals surface area contributed by atoms with E-state index in [2.05, 4.69) is 0 Å². The number of ether oxygens (including phenoxy) is 1. The lowest BCUT2D eigenvalue weighted by Crippen LogP contribution is -2.42. The van der Waals surface area contributed by atoms with Crippen LogP contribution in [0.1, 0.15) is 17.2 Å². The third kappa shape index (κ3) is 3.43. The highest BCUT2D eigenvalue weighted by atomic mass is 35.5. The fourth-order valence-corrected chi connectivity index (χ4v) is 4.29. The van der Waals surface area contributed by atoms with E-state index >= 15 is 0 Å². The normalized spacial score (nSPS) is 19.7. The molecule has 23 heavy (non-hydrogen) atoms. The van der Waals surface area contributed by atoms with Gasteiger partial charge in [0.05, 0.1) is 17.6 Å². The Labute approximate surface area is 141 Å². The molecule has 3 rings (SSSR count). The maximum Gasteiger partial charge on any atom is 0.243 e. The van der Waals surface area contributed by atoms with Gasteiger partial charge in [-0.25, -0.2) is 8.42 Å². The van der Waals surface area contributed by atoms with Crippen LogP contribution in [0, 0.1) is 6.92 Å². The highest BCUT2D eigenvalue weighted by Crippen LogP contribution is 2.28. The van der Waals surface area contributed by atoms with Crippen molar-refractivity contribution < 1.29 is 13.2 Å². The number of nitrogens with zero attached hydrogens (tertiary/aromatic N) is 1. The maximum absolute atomic E-state index is 12.8. The van der Waals surface area contributed by atoms with Crippen LogP contribution in [0.5, 0.6) is 0 Å². The molecule has 4 nitrogen and oxygen atoms in total. The fourth-order valence-electron chi connectivity index (χ4n) is 2.74. The van der Waals surface area contributed by atoms with Crippen molar-refractivity contribution in [1.82, 2.24) is 4.31 Å². The number of benzene rings is 2. The van der Waals surface area contributed by atoms with Crippen LogP contribution in [0.25, 0.3) is 0 Å². The molecule has 1 atom stereocenters. The van der Waals surface area contributed by atoms with Crippen molar-refractivity contribution in [3.8, 4) is 0 Å². The second-order valence-corrected chi connectivity index (χ2v) is 7.91. The number of rotatable bonds is 3. The molecule has 1 saturated heterocycles. The Balaban J connectivity index is 1.86. The molecule has 1 heterocycles. The molecular weight excluding hydrogens is 334 g/mol. The minimum Gasteiger partial charge on any atom is -0.371 e. The van der Waals surface area contributed by atoms with Gasteiger partial charge in [-0.1, -0.05) is 35.9 Å². The number of hydrogen-bond donors (Lipinski definition) is 0. The van der Waals surface area contributed by atoms with Gasteiger partial charge in [0.2, 0.25) is 10.0 Å². The van der Waals surface area contributed by atoms with Gasteiger partial charge in [-0.05, 0) is 42.3 Å². The summed E-state index contributed by atoms with van der Waals surface area (Å²) < 4.78 is 32.9. The summed E-state index contributed by atoms with van der Waals surface area (Å²) >= 11 is 5.84. The first-order valence-electron chi connectivity index (χ1n) is 7.41. The molecular formula is C17H18ClNO3S. The first-order chi connectivity index (χ1) is 11.0. The zero-order valence-electron chi connectivity index (χ0n) is 12.8. The van der Waals surface area contributed by atoms with Gasteiger partial charge >= 0.3 is 0 Å². The standard InChI is InChI=1S/C17H18ClNO3S/c1-13-4-2-3-5-16(13)17-12-19(10-11-22-17)23(20,21)15-8-6-14(18)7-9-15/h2-9,17H,10-12H2,1H3. The van der Waals surface area contributed by atoms with E-state index in [1.165, 1.54) is 16.4 Å². The summed E-state index contributed by atoms with van der Waals surface area (Å²) in [6, 6.07) is 14.2. The van der Waals surface area contributed by atoms with E-state index < -0.39 is 10.0 Å². The van der Waals surface area contributed by atoms with Gasteiger partial charge in [0, 0.05) is 18.1 Å². The lowest BCUT2D eigenvalue weighted by Gasteiger charge is -2.33. The second-order valence-electron chi connectivity index (χ2n) is 5.53. The van der Waals surface area contributed by atoms with Crippen molar-refractivity contribution in [2.24, 2.45) is 0 Å². The molecule has 2 aromatic rings. The van der Waals surface area contributed by atoms with Gasteiger partial charge in [-0.3, -0.25) is 0 Å². The summed E-state index contributed by atoms with van der Waals surface area (Å²) in [5, 5.41) is 0.517. The van der Waals surface area contributed by atoms with Gasteiger partial charge in [0.1, 0.15) is 0 Å². The van der Waals surface area contributed by atoms with Crippen LogP contribution in [0.3, 0.4) is 0 Å². The molecule has 6 heteroatoms. The average molecular weight is 352 g/mol. The highest BCUT2D eigenvalue weighted by Gasteiger charge is 2.31. The van der Waals surface area contributed by atoms with E-state index in [1.54, 1.807) is 12.1 Å². The maximum atomic E-state index is 12.8. The predicted molar refractivity (Wildman–Crippen MR) is 90.1 cm³/mol. The Morgan fingerprint density at radius 2 is 1.83 bits per heavy atom. The highest BCUT2D eigenvalue weighted by molar-refractivity contribution is 7.89. The van der Waals surface area contributed by atoms with Crippen molar-refractivity contribution in [3.63, 3.8) is 0 Å². The van der Waals surface area contributed by atoms with E-state index in [0.717, 1.165) is 11.1 Å². The zero-order valence-corrected chi connectivity index (χ0v) is 14.3. The number of halogens is 1. The molecule has 1 unspecified atom stereocenters. The molecule has 2 aromatic carbocycles. The summed E-state index contributed by atoms with van der Waals surface area (Å²) in [7, 11) is -3.54. The third-order valence-corrected chi connectivity index (χ3v) is 6.15. The van der Waals surface area contributed by atoms with Gasteiger partial charge < -0.3 is 4.74 Å². The van der Waals surface area contributed by atoms with Crippen LogP contribution in [0.15, 0.2) is 53.4 Å². The number of hydrogen-bond acceptors (Lipinski definition) is 3. The lowest BCUT2D eigenvalue weighted by molar-refractivity contribution is -0.00288. The number of aryl methyl sites for hydroxylation is 1. The minimum absolute atomic E-state index is 0.243. The SMILES string of the molecule is Cc1ccccc1C1CN(S(=O)(=O)c2ccc(Cl)cc2)CCO1. The average Bonchev–Trinajstić information content (AvgIpc) is 2.56. The van der Waals surface area contributed by atoms with Gasteiger partial charge in [-0.15, -0.1) is 0 Å². The quantitative estimate of drug-likeness (QED) is 0.851. The molecule has 0 saturated carbocycles. The Kier molecular flexibility index (Phi) is 4.73. The predicted octanol–water partition coefficient (Wildman–Crippen LogP) is 3.41. The molecule has 1 aliphatic rings. The first kappa shape index (κ1) is 16.5. The summed E-state index contributed by atoms with van der Waals surface area (Å²) in [6.07, 6.45) is -0.243. The molecule has 1 aliphatic heterocycles. The Bertz CT molecular complexity index is 790. The smallest absolute Gasteiger partial charge is 0.243 e. The van der Waals surface area contributed by atoms with Crippen LogP contribution >= 0.6 is 11.6 Å². The monoisotopic (exact) mass is 351 g/mol. The van der Waals surface area contributed by atoms with E-state index in [-0.39, 0.29) is 11.0 Å². The summed E-state index contributed by atoms with van der Waals surface area (Å²) in [5.74, 6) is 0. The Morgan fingerprint density at radius 3 is 2.52 bits per heavy atom. The summed E-state index contributed by atoms with van der Waals surface area (Å²) in [4.78, 5) is 0.257. The largest absolute Gasteiger partial charge is 0.371 e. The molecule has 0 aliphatic carbocycles. The minimum atomic E-state index is -3.54. The van der Waals surface area contributed by atoms with Crippen molar-refractivity contribution in [3.05, 3.63) is 64.7 Å². The van der Waals surface area contributed by atoms with Gasteiger partial charge in [-0.2, -0.15) is 4.31 Å². The van der Waals surface area contributed by atoms with E-state index in [9.17, 15) is 8.42 Å².